The third-order valence-corrected chi connectivity index (χ3v) is 2.77. The second-order valence-corrected chi connectivity index (χ2v) is 4.40. The summed E-state index contributed by atoms with van der Waals surface area (Å²) in [4.78, 5) is 11.9. The molecule has 0 aliphatic carbocycles. The van der Waals surface area contributed by atoms with Gasteiger partial charge in [0, 0.05) is 12.2 Å². The van der Waals surface area contributed by atoms with Crippen molar-refractivity contribution >= 4 is 40.4 Å². The first-order valence-corrected chi connectivity index (χ1v) is 6.30. The van der Waals surface area contributed by atoms with Crippen molar-refractivity contribution in [2.24, 2.45) is 5.73 Å². The lowest BCUT2D eigenvalue weighted by atomic mass is 10.2. The predicted molar refractivity (Wildman–Crippen MR) is 77.1 cm³/mol. The number of carbonyl (C=O) groups excluding carboxylic acids is 1. The van der Waals surface area contributed by atoms with Gasteiger partial charge < -0.3 is 15.8 Å². The lowest BCUT2D eigenvalue weighted by molar-refractivity contribution is -0.117. The van der Waals surface area contributed by atoms with E-state index in [-0.39, 0.29) is 17.3 Å². The van der Waals surface area contributed by atoms with Crippen molar-refractivity contribution < 1.29 is 9.53 Å². The van der Waals surface area contributed by atoms with Crippen LogP contribution >= 0.6 is 23.8 Å². The van der Waals surface area contributed by atoms with Crippen LogP contribution < -0.4 is 11.1 Å². The molecule has 0 radical (unpaired) electrons. The molecule has 0 saturated carbocycles. The fraction of sp³-hybridized carbons (Fsp3) is 0.333. The molecular formula is C12H15ClN2O2S. The van der Waals surface area contributed by atoms with E-state index in [4.69, 9.17) is 34.3 Å². The van der Waals surface area contributed by atoms with Gasteiger partial charge in [0.25, 0.3) is 0 Å². The maximum atomic E-state index is 11.6. The molecule has 0 aliphatic heterocycles. The molecule has 0 bridgehead atoms. The lowest BCUT2D eigenvalue weighted by Gasteiger charge is -2.09. The van der Waals surface area contributed by atoms with E-state index in [1.807, 2.05) is 6.92 Å². The SMILES string of the molecule is CCOCCC(=O)Nc1cc(C(N)=S)ccc1Cl. The summed E-state index contributed by atoms with van der Waals surface area (Å²) in [6.45, 7) is 2.85. The maximum Gasteiger partial charge on any atom is 0.226 e. The van der Waals surface area contributed by atoms with E-state index in [0.717, 1.165) is 0 Å². The van der Waals surface area contributed by atoms with Gasteiger partial charge in [0.05, 0.1) is 23.7 Å². The van der Waals surface area contributed by atoms with Crippen molar-refractivity contribution in [3.8, 4) is 0 Å². The molecule has 0 saturated heterocycles. The summed E-state index contributed by atoms with van der Waals surface area (Å²) in [6, 6.07) is 5.01. The van der Waals surface area contributed by atoms with Gasteiger partial charge in [-0.25, -0.2) is 0 Å². The number of ether oxygens (including phenoxy) is 1. The molecule has 3 N–H and O–H groups in total. The molecule has 0 heterocycles. The van der Waals surface area contributed by atoms with Crippen molar-refractivity contribution in [3.05, 3.63) is 28.8 Å². The van der Waals surface area contributed by atoms with Gasteiger partial charge in [-0.1, -0.05) is 29.9 Å². The molecule has 1 aromatic carbocycles. The first kappa shape index (κ1) is 14.9. The van der Waals surface area contributed by atoms with Gasteiger partial charge in [-0.15, -0.1) is 0 Å². The Labute approximate surface area is 116 Å². The number of anilines is 1. The lowest BCUT2D eigenvalue weighted by Crippen LogP contribution is -2.15. The van der Waals surface area contributed by atoms with Crippen LogP contribution in [0, 0.1) is 0 Å². The highest BCUT2D eigenvalue weighted by Crippen LogP contribution is 2.23. The normalized spacial score (nSPS) is 10.1. The molecule has 4 nitrogen and oxygen atoms in total. The van der Waals surface area contributed by atoms with E-state index in [1.165, 1.54) is 0 Å². The van der Waals surface area contributed by atoms with Crippen LogP contribution in [0.15, 0.2) is 18.2 Å². The van der Waals surface area contributed by atoms with E-state index < -0.39 is 0 Å². The number of hydrogen-bond donors (Lipinski definition) is 2. The van der Waals surface area contributed by atoms with Crippen molar-refractivity contribution in [1.29, 1.82) is 0 Å². The minimum atomic E-state index is -0.162. The Hall–Kier alpha value is -1.17. The molecule has 1 rings (SSSR count). The summed E-state index contributed by atoms with van der Waals surface area (Å²) in [5.74, 6) is -0.162. The fourth-order valence-electron chi connectivity index (χ4n) is 1.30. The van der Waals surface area contributed by atoms with Gasteiger partial charge in [0.15, 0.2) is 0 Å². The zero-order valence-electron chi connectivity index (χ0n) is 10.0. The highest BCUT2D eigenvalue weighted by molar-refractivity contribution is 7.80. The topological polar surface area (TPSA) is 64.3 Å². The highest BCUT2D eigenvalue weighted by Gasteiger charge is 2.07. The number of amides is 1. The number of rotatable bonds is 6. The van der Waals surface area contributed by atoms with Crippen molar-refractivity contribution in [3.63, 3.8) is 0 Å². The summed E-state index contributed by atoms with van der Waals surface area (Å²) in [7, 11) is 0. The van der Waals surface area contributed by atoms with Gasteiger partial charge in [0.2, 0.25) is 5.91 Å². The van der Waals surface area contributed by atoms with E-state index >= 15 is 0 Å². The van der Waals surface area contributed by atoms with Crippen LogP contribution in [0.25, 0.3) is 0 Å². The third kappa shape index (κ3) is 4.60. The Kier molecular flexibility index (Phi) is 6.04. The monoisotopic (exact) mass is 286 g/mol. The molecule has 18 heavy (non-hydrogen) atoms. The van der Waals surface area contributed by atoms with E-state index in [9.17, 15) is 4.79 Å². The van der Waals surface area contributed by atoms with Gasteiger partial charge in [-0.3, -0.25) is 4.79 Å². The average molecular weight is 287 g/mol. The highest BCUT2D eigenvalue weighted by atomic mass is 35.5. The number of nitrogens with one attached hydrogen (secondary N) is 1. The first-order valence-electron chi connectivity index (χ1n) is 5.51. The molecule has 0 atom stereocenters. The van der Waals surface area contributed by atoms with Gasteiger partial charge >= 0.3 is 0 Å². The maximum absolute atomic E-state index is 11.6. The van der Waals surface area contributed by atoms with Crippen LogP contribution in [0.2, 0.25) is 5.02 Å². The first-order chi connectivity index (χ1) is 8.54. The van der Waals surface area contributed by atoms with E-state index in [2.05, 4.69) is 5.32 Å². The van der Waals surface area contributed by atoms with Gasteiger partial charge in [0.1, 0.15) is 4.99 Å². The van der Waals surface area contributed by atoms with Crippen LogP contribution in [0.1, 0.15) is 18.9 Å². The minimum Gasteiger partial charge on any atom is -0.389 e. The number of nitrogens with two attached hydrogens (primary N) is 1. The standard InChI is InChI=1S/C12H15ClN2O2S/c1-2-17-6-5-11(16)15-10-7-8(12(14)18)3-4-9(10)13/h3-4,7H,2,5-6H2,1H3,(H2,14,18)(H,15,16). The Morgan fingerprint density at radius 2 is 2.28 bits per heavy atom. The third-order valence-electron chi connectivity index (χ3n) is 2.20. The number of benzene rings is 1. The Balaban J connectivity index is 2.68. The molecule has 6 heteroatoms. The molecule has 0 aromatic heterocycles. The van der Waals surface area contributed by atoms with Gasteiger partial charge in [-0.05, 0) is 19.1 Å². The number of halogens is 1. The number of thiocarbonyl (C=S) groups is 1. The summed E-state index contributed by atoms with van der Waals surface area (Å²) in [5, 5.41) is 3.14. The fourth-order valence-corrected chi connectivity index (χ4v) is 1.59. The summed E-state index contributed by atoms with van der Waals surface area (Å²) >= 11 is 10.8. The average Bonchev–Trinajstić information content (AvgIpc) is 2.32. The van der Waals surface area contributed by atoms with Gasteiger partial charge in [-0.2, -0.15) is 0 Å². The molecular weight excluding hydrogens is 272 g/mol. The summed E-state index contributed by atoms with van der Waals surface area (Å²) in [5.41, 5.74) is 6.68. The van der Waals surface area contributed by atoms with Crippen LogP contribution in [0.3, 0.4) is 0 Å². The minimum absolute atomic E-state index is 0.162. The molecule has 0 aliphatic rings. The molecule has 1 amide bonds. The van der Waals surface area contributed by atoms with E-state index in [0.29, 0.717) is 29.5 Å². The zero-order valence-corrected chi connectivity index (χ0v) is 11.6. The van der Waals surface area contributed by atoms with Crippen molar-refractivity contribution in [2.75, 3.05) is 18.5 Å². The van der Waals surface area contributed by atoms with Crippen LogP contribution in [-0.2, 0) is 9.53 Å². The predicted octanol–water partition coefficient (Wildman–Crippen LogP) is 2.34. The van der Waals surface area contributed by atoms with Crippen molar-refractivity contribution in [2.45, 2.75) is 13.3 Å². The van der Waals surface area contributed by atoms with Crippen molar-refractivity contribution in [1.82, 2.24) is 0 Å². The quantitative estimate of drug-likeness (QED) is 0.622. The second kappa shape index (κ2) is 7.31. The molecule has 98 valence electrons. The Morgan fingerprint density at radius 1 is 1.56 bits per heavy atom. The smallest absolute Gasteiger partial charge is 0.226 e. The number of carbonyl (C=O) groups is 1. The molecule has 0 unspecified atom stereocenters. The van der Waals surface area contributed by atoms with E-state index in [1.54, 1.807) is 18.2 Å². The summed E-state index contributed by atoms with van der Waals surface area (Å²) in [6.07, 6.45) is 0.279. The second-order valence-electron chi connectivity index (χ2n) is 3.55. The molecule has 1 aromatic rings. The summed E-state index contributed by atoms with van der Waals surface area (Å²) < 4.78 is 5.10. The largest absolute Gasteiger partial charge is 0.389 e. The van der Waals surface area contributed by atoms with Crippen LogP contribution in [0.4, 0.5) is 5.69 Å². The van der Waals surface area contributed by atoms with Crippen LogP contribution in [0.5, 0.6) is 0 Å². The molecule has 0 spiro atoms. The molecule has 0 fully saturated rings. The Bertz CT molecular complexity index is 452. The Morgan fingerprint density at radius 3 is 2.89 bits per heavy atom. The number of hydrogen-bond acceptors (Lipinski definition) is 3. The van der Waals surface area contributed by atoms with Crippen LogP contribution in [-0.4, -0.2) is 24.1 Å². The zero-order chi connectivity index (χ0) is 13.5.